The maximum atomic E-state index is 9.57. The molecule has 1 aromatic heterocycles. The fourth-order valence-electron chi connectivity index (χ4n) is 3.29. The summed E-state index contributed by atoms with van der Waals surface area (Å²) in [6, 6.07) is 5.19. The van der Waals surface area contributed by atoms with Gasteiger partial charge >= 0.3 is 0 Å². The second kappa shape index (κ2) is 8.08. The van der Waals surface area contributed by atoms with Crippen LogP contribution in [0.15, 0.2) is 27.8 Å². The third kappa shape index (κ3) is 4.29. The second-order valence-corrected chi connectivity index (χ2v) is 7.58. The molecule has 3 heterocycles. The van der Waals surface area contributed by atoms with Gasteiger partial charge in [-0.3, -0.25) is 0 Å². The van der Waals surface area contributed by atoms with E-state index >= 15 is 0 Å². The first-order valence-electron chi connectivity index (χ1n) is 9.22. The fraction of sp³-hybridized carbons (Fsp3) is 0.444. The summed E-state index contributed by atoms with van der Waals surface area (Å²) in [5.41, 5.74) is 3.78. The first kappa shape index (κ1) is 18.0. The summed E-state index contributed by atoms with van der Waals surface area (Å²) in [5.74, 6) is 2.08. The van der Waals surface area contributed by atoms with Gasteiger partial charge in [-0.05, 0) is 65.4 Å². The van der Waals surface area contributed by atoms with Gasteiger partial charge in [0.25, 0.3) is 0 Å². The molecule has 0 bridgehead atoms. The van der Waals surface area contributed by atoms with Gasteiger partial charge in [0.15, 0.2) is 0 Å². The van der Waals surface area contributed by atoms with E-state index in [1.165, 1.54) is 25.7 Å². The highest BCUT2D eigenvalue weighted by molar-refractivity contribution is 9.10. The van der Waals surface area contributed by atoms with Crippen molar-refractivity contribution in [3.05, 3.63) is 28.2 Å². The number of halogens is 1. The first-order chi connectivity index (χ1) is 13.2. The highest BCUT2D eigenvalue weighted by atomic mass is 79.9. The predicted octanol–water partition coefficient (Wildman–Crippen LogP) is 2.99. The zero-order chi connectivity index (χ0) is 18.6. The maximum Gasteiger partial charge on any atom is 0.250 e. The molecule has 2 fully saturated rings. The molecule has 0 spiro atoms. The summed E-state index contributed by atoms with van der Waals surface area (Å²) in [6.07, 6.45) is 6.34. The Balaban J connectivity index is 1.54. The molecule has 0 atom stereocenters. The van der Waals surface area contributed by atoms with Crippen LogP contribution in [0, 0.1) is 0 Å². The minimum atomic E-state index is 0.197. The lowest BCUT2D eigenvalue weighted by Gasteiger charge is -2.20. The SMILES string of the molecule is Oc1ccc(/C=N/Nc2nc(N3CCCC3)nc(N3CCCC3)n2)cc1Br. The van der Waals surface area contributed by atoms with Crippen LogP contribution in [0.2, 0.25) is 0 Å². The largest absolute Gasteiger partial charge is 0.507 e. The number of hydrogen-bond donors (Lipinski definition) is 2. The van der Waals surface area contributed by atoms with Crippen molar-refractivity contribution in [1.29, 1.82) is 0 Å². The number of aromatic nitrogens is 3. The third-order valence-corrected chi connectivity index (χ3v) is 5.37. The van der Waals surface area contributed by atoms with Crippen LogP contribution in [0.25, 0.3) is 0 Å². The number of hydrogen-bond acceptors (Lipinski definition) is 8. The summed E-state index contributed by atoms with van der Waals surface area (Å²) in [4.78, 5) is 18.2. The Labute approximate surface area is 166 Å². The molecule has 2 N–H and O–H groups in total. The number of nitrogens with zero attached hydrogens (tertiary/aromatic N) is 6. The molecule has 27 heavy (non-hydrogen) atoms. The molecule has 2 aliphatic heterocycles. The molecule has 4 rings (SSSR count). The Hall–Kier alpha value is -2.42. The quantitative estimate of drug-likeness (QED) is 0.555. The van der Waals surface area contributed by atoms with Crippen molar-refractivity contribution in [2.24, 2.45) is 5.10 Å². The predicted molar refractivity (Wildman–Crippen MR) is 110 cm³/mol. The Morgan fingerprint density at radius 1 is 0.963 bits per heavy atom. The summed E-state index contributed by atoms with van der Waals surface area (Å²) >= 11 is 3.30. The van der Waals surface area contributed by atoms with Gasteiger partial charge in [-0.25, -0.2) is 5.43 Å². The topological polar surface area (TPSA) is 89.8 Å². The van der Waals surface area contributed by atoms with E-state index in [4.69, 9.17) is 0 Å². The summed E-state index contributed by atoms with van der Waals surface area (Å²) in [5, 5.41) is 13.8. The molecule has 0 amide bonds. The van der Waals surface area contributed by atoms with Crippen molar-refractivity contribution in [3.63, 3.8) is 0 Å². The fourth-order valence-corrected chi connectivity index (χ4v) is 3.69. The van der Waals surface area contributed by atoms with Crippen molar-refractivity contribution >= 4 is 40.0 Å². The normalized spacial score (nSPS) is 17.2. The molecular formula is C18H22BrN7O. The average Bonchev–Trinajstić information content (AvgIpc) is 3.38. The Morgan fingerprint density at radius 3 is 2.11 bits per heavy atom. The summed E-state index contributed by atoms with van der Waals surface area (Å²) in [6.45, 7) is 3.92. The lowest BCUT2D eigenvalue weighted by Crippen LogP contribution is -2.25. The average molecular weight is 432 g/mol. The van der Waals surface area contributed by atoms with Crippen LogP contribution in [0.4, 0.5) is 17.8 Å². The van der Waals surface area contributed by atoms with Crippen LogP contribution < -0.4 is 15.2 Å². The van der Waals surface area contributed by atoms with E-state index < -0.39 is 0 Å². The second-order valence-electron chi connectivity index (χ2n) is 6.73. The minimum absolute atomic E-state index is 0.197. The number of phenolic OH excluding ortho intramolecular Hbond substituents is 1. The van der Waals surface area contributed by atoms with E-state index in [0.717, 1.165) is 43.6 Å². The first-order valence-corrected chi connectivity index (χ1v) is 10.0. The van der Waals surface area contributed by atoms with Gasteiger partial charge in [0, 0.05) is 26.2 Å². The van der Waals surface area contributed by atoms with Gasteiger partial charge in [0.2, 0.25) is 17.8 Å². The van der Waals surface area contributed by atoms with Crippen LogP contribution >= 0.6 is 15.9 Å². The number of aromatic hydroxyl groups is 1. The molecule has 0 unspecified atom stereocenters. The molecule has 2 aliphatic rings. The minimum Gasteiger partial charge on any atom is -0.507 e. The lowest BCUT2D eigenvalue weighted by molar-refractivity contribution is 0.472. The van der Waals surface area contributed by atoms with E-state index in [1.807, 2.05) is 0 Å². The molecule has 2 aromatic rings. The van der Waals surface area contributed by atoms with Crippen LogP contribution in [0.1, 0.15) is 31.2 Å². The van der Waals surface area contributed by atoms with Crippen molar-refractivity contribution in [1.82, 2.24) is 15.0 Å². The summed E-state index contributed by atoms with van der Waals surface area (Å²) in [7, 11) is 0. The lowest BCUT2D eigenvalue weighted by atomic mass is 10.2. The van der Waals surface area contributed by atoms with Gasteiger partial charge < -0.3 is 14.9 Å². The number of hydrazone groups is 1. The van der Waals surface area contributed by atoms with Gasteiger partial charge in [-0.2, -0.15) is 20.1 Å². The van der Waals surface area contributed by atoms with Crippen LogP contribution in [-0.2, 0) is 0 Å². The maximum absolute atomic E-state index is 9.57. The molecule has 0 radical (unpaired) electrons. The van der Waals surface area contributed by atoms with Gasteiger partial charge in [0.1, 0.15) is 5.75 Å². The van der Waals surface area contributed by atoms with E-state index in [1.54, 1.807) is 24.4 Å². The van der Waals surface area contributed by atoms with Crippen molar-refractivity contribution < 1.29 is 5.11 Å². The monoisotopic (exact) mass is 431 g/mol. The Morgan fingerprint density at radius 2 is 1.56 bits per heavy atom. The van der Waals surface area contributed by atoms with E-state index in [9.17, 15) is 5.11 Å². The molecular weight excluding hydrogens is 410 g/mol. The number of benzene rings is 1. The van der Waals surface area contributed by atoms with Crippen LogP contribution in [0.5, 0.6) is 5.75 Å². The van der Waals surface area contributed by atoms with E-state index in [2.05, 4.69) is 51.2 Å². The van der Waals surface area contributed by atoms with Crippen molar-refractivity contribution in [2.45, 2.75) is 25.7 Å². The van der Waals surface area contributed by atoms with Gasteiger partial charge in [-0.1, -0.05) is 0 Å². The molecule has 1 aromatic carbocycles. The molecule has 9 heteroatoms. The zero-order valence-electron chi connectivity index (χ0n) is 15.0. The standard InChI is InChI=1S/C18H22BrN7O/c19-14-11-13(5-6-15(14)27)12-20-24-16-21-17(25-7-1-2-8-25)23-18(22-16)26-9-3-4-10-26/h5-6,11-12,27H,1-4,7-10H2,(H,21,22,23,24)/b20-12+. The third-order valence-electron chi connectivity index (χ3n) is 4.74. The summed E-state index contributed by atoms with van der Waals surface area (Å²) < 4.78 is 0.624. The molecule has 0 aliphatic carbocycles. The number of rotatable bonds is 5. The van der Waals surface area contributed by atoms with Crippen LogP contribution in [0.3, 0.4) is 0 Å². The van der Waals surface area contributed by atoms with E-state index in [0.29, 0.717) is 10.4 Å². The molecule has 142 valence electrons. The van der Waals surface area contributed by atoms with Gasteiger partial charge in [0.05, 0.1) is 10.7 Å². The number of anilines is 3. The Bertz CT molecular complexity index is 798. The van der Waals surface area contributed by atoms with Gasteiger partial charge in [-0.15, -0.1) is 0 Å². The smallest absolute Gasteiger partial charge is 0.250 e. The number of phenols is 1. The van der Waals surface area contributed by atoms with E-state index in [-0.39, 0.29) is 5.75 Å². The highest BCUT2D eigenvalue weighted by Gasteiger charge is 2.21. The highest BCUT2D eigenvalue weighted by Crippen LogP contribution is 2.24. The van der Waals surface area contributed by atoms with Crippen molar-refractivity contribution in [3.8, 4) is 5.75 Å². The zero-order valence-corrected chi connectivity index (χ0v) is 16.6. The van der Waals surface area contributed by atoms with Crippen molar-refractivity contribution in [2.75, 3.05) is 41.4 Å². The molecule has 0 saturated carbocycles. The molecule has 2 saturated heterocycles. The Kier molecular flexibility index (Phi) is 5.38. The van der Waals surface area contributed by atoms with Crippen LogP contribution in [-0.4, -0.2) is 52.5 Å². The number of nitrogens with one attached hydrogen (secondary N) is 1. The molecule has 8 nitrogen and oxygen atoms in total.